The number of likely N-dealkylation sites (tertiary alicyclic amines) is 1. The molecule has 1 saturated heterocycles. The van der Waals surface area contributed by atoms with Gasteiger partial charge in [-0.05, 0) is 12.8 Å². The first-order valence-electron chi connectivity index (χ1n) is 6.28. The summed E-state index contributed by atoms with van der Waals surface area (Å²) in [7, 11) is 2.70. The van der Waals surface area contributed by atoms with Crippen LogP contribution in [0.3, 0.4) is 0 Å². The lowest BCUT2D eigenvalue weighted by atomic mass is 10.1. The molecule has 108 valence electrons. The minimum atomic E-state index is -0.998. The number of carbonyl (C=O) groups is 3. The smallest absolute Gasteiger partial charge is 0.326 e. The first kappa shape index (κ1) is 15.3. The predicted octanol–water partition coefficient (Wildman–Crippen LogP) is 0.540. The molecule has 0 aromatic carbocycles. The Morgan fingerprint density at radius 3 is 2.58 bits per heavy atom. The van der Waals surface area contributed by atoms with Gasteiger partial charge in [0, 0.05) is 13.6 Å². The average Bonchev–Trinajstić information content (AvgIpc) is 2.62. The summed E-state index contributed by atoms with van der Waals surface area (Å²) in [5.74, 6) is -1.53. The molecule has 1 N–H and O–H groups in total. The van der Waals surface area contributed by atoms with Crippen LogP contribution in [0.1, 0.15) is 25.7 Å². The van der Waals surface area contributed by atoms with Crippen LogP contribution >= 0.6 is 0 Å². The Morgan fingerprint density at radius 1 is 1.32 bits per heavy atom. The number of hydrogen-bond donors (Lipinski definition) is 1. The van der Waals surface area contributed by atoms with Crippen molar-refractivity contribution in [3.63, 3.8) is 0 Å². The maximum absolute atomic E-state index is 12.2. The number of esters is 1. The molecular formula is C12H20N2O5. The number of ether oxygens (including phenoxy) is 1. The van der Waals surface area contributed by atoms with Gasteiger partial charge < -0.3 is 19.6 Å². The highest BCUT2D eigenvalue weighted by atomic mass is 16.5. The van der Waals surface area contributed by atoms with Crippen LogP contribution < -0.4 is 0 Å². The third-order valence-corrected chi connectivity index (χ3v) is 3.20. The molecule has 0 aliphatic carbocycles. The standard InChI is InChI=1S/C12H20N2O5/c1-13(8-10(15)19-2)12(18)14-7-5-3-4-6-9(14)11(16)17/h9H,3-8H2,1-2H3,(H,16,17). The Balaban J connectivity index is 2.75. The fourth-order valence-electron chi connectivity index (χ4n) is 2.14. The molecule has 1 atom stereocenters. The number of carboxylic acids is 1. The lowest BCUT2D eigenvalue weighted by molar-refractivity contribution is -0.142. The Bertz CT molecular complexity index is 358. The normalized spacial score (nSPS) is 19.5. The monoisotopic (exact) mass is 272 g/mol. The van der Waals surface area contributed by atoms with Crippen LogP contribution in [0, 0.1) is 0 Å². The molecule has 0 aromatic heterocycles. The third-order valence-electron chi connectivity index (χ3n) is 3.20. The Labute approximate surface area is 112 Å². The van der Waals surface area contributed by atoms with Gasteiger partial charge in [-0.1, -0.05) is 12.8 Å². The van der Waals surface area contributed by atoms with E-state index in [0.29, 0.717) is 13.0 Å². The van der Waals surface area contributed by atoms with E-state index in [1.807, 2.05) is 0 Å². The van der Waals surface area contributed by atoms with Crippen molar-refractivity contribution in [2.45, 2.75) is 31.7 Å². The highest BCUT2D eigenvalue weighted by Gasteiger charge is 2.32. The molecule has 7 nitrogen and oxygen atoms in total. The molecule has 1 aliphatic heterocycles. The summed E-state index contributed by atoms with van der Waals surface area (Å²) in [6.45, 7) is 0.222. The van der Waals surface area contributed by atoms with E-state index in [9.17, 15) is 19.5 Å². The number of hydrogen-bond acceptors (Lipinski definition) is 4. The van der Waals surface area contributed by atoms with E-state index in [0.717, 1.165) is 19.3 Å². The van der Waals surface area contributed by atoms with Gasteiger partial charge in [-0.25, -0.2) is 9.59 Å². The molecule has 1 aliphatic rings. The molecule has 2 amide bonds. The summed E-state index contributed by atoms with van der Waals surface area (Å²) in [4.78, 5) is 37.1. The Morgan fingerprint density at radius 2 is 2.00 bits per heavy atom. The zero-order valence-corrected chi connectivity index (χ0v) is 11.3. The minimum absolute atomic E-state index is 0.182. The molecule has 7 heteroatoms. The highest BCUT2D eigenvalue weighted by Crippen LogP contribution is 2.18. The van der Waals surface area contributed by atoms with Crippen LogP contribution in [0.15, 0.2) is 0 Å². The van der Waals surface area contributed by atoms with Crippen molar-refractivity contribution in [1.82, 2.24) is 9.80 Å². The maximum Gasteiger partial charge on any atom is 0.326 e. The number of urea groups is 1. The highest BCUT2D eigenvalue weighted by molar-refractivity contribution is 5.85. The van der Waals surface area contributed by atoms with Crippen molar-refractivity contribution in [2.75, 3.05) is 27.2 Å². The molecule has 0 aromatic rings. The van der Waals surface area contributed by atoms with Crippen molar-refractivity contribution in [1.29, 1.82) is 0 Å². The van der Waals surface area contributed by atoms with Gasteiger partial charge in [-0.15, -0.1) is 0 Å². The molecule has 0 spiro atoms. The van der Waals surface area contributed by atoms with Crippen LogP contribution in [0.5, 0.6) is 0 Å². The molecular weight excluding hydrogens is 252 g/mol. The third kappa shape index (κ3) is 4.11. The second-order valence-corrected chi connectivity index (χ2v) is 4.61. The fourth-order valence-corrected chi connectivity index (χ4v) is 2.14. The SMILES string of the molecule is COC(=O)CN(C)C(=O)N1CCCCCC1C(=O)O. The summed E-state index contributed by atoms with van der Waals surface area (Å²) >= 11 is 0. The minimum Gasteiger partial charge on any atom is -0.480 e. The summed E-state index contributed by atoms with van der Waals surface area (Å²) in [6, 6.07) is -1.25. The number of carbonyl (C=O) groups excluding carboxylic acids is 2. The zero-order valence-electron chi connectivity index (χ0n) is 11.3. The van der Waals surface area contributed by atoms with Crippen molar-refractivity contribution in [3.8, 4) is 0 Å². The number of aliphatic carboxylic acids is 1. The van der Waals surface area contributed by atoms with Crippen molar-refractivity contribution in [3.05, 3.63) is 0 Å². The number of nitrogens with zero attached hydrogens (tertiary/aromatic N) is 2. The lowest BCUT2D eigenvalue weighted by Gasteiger charge is -2.30. The molecule has 0 radical (unpaired) electrons. The van der Waals surface area contributed by atoms with Crippen molar-refractivity contribution >= 4 is 18.0 Å². The summed E-state index contributed by atoms with van der Waals surface area (Å²) in [6.07, 6.45) is 2.93. The number of rotatable bonds is 3. The maximum atomic E-state index is 12.2. The largest absolute Gasteiger partial charge is 0.480 e. The molecule has 1 rings (SSSR count). The van der Waals surface area contributed by atoms with Gasteiger partial charge in [0.15, 0.2) is 0 Å². The van der Waals surface area contributed by atoms with Gasteiger partial charge in [-0.3, -0.25) is 4.79 Å². The summed E-state index contributed by atoms with van der Waals surface area (Å²) < 4.78 is 4.49. The summed E-state index contributed by atoms with van der Waals surface area (Å²) in [5.41, 5.74) is 0. The molecule has 1 heterocycles. The molecule has 19 heavy (non-hydrogen) atoms. The molecule has 0 saturated carbocycles. The number of carboxylic acid groups (broad SMARTS) is 1. The van der Waals surface area contributed by atoms with Gasteiger partial charge in [0.2, 0.25) is 0 Å². The number of amides is 2. The zero-order chi connectivity index (χ0) is 14.4. The molecule has 1 fully saturated rings. The number of likely N-dealkylation sites (N-methyl/N-ethyl adjacent to an activating group) is 1. The molecule has 0 bridgehead atoms. The van der Waals surface area contributed by atoms with Gasteiger partial charge in [0.05, 0.1) is 7.11 Å². The van der Waals surface area contributed by atoms with Gasteiger partial charge in [0.1, 0.15) is 12.6 Å². The van der Waals surface area contributed by atoms with Gasteiger partial charge >= 0.3 is 18.0 Å². The van der Waals surface area contributed by atoms with Crippen LogP contribution in [0.2, 0.25) is 0 Å². The predicted molar refractivity (Wildman–Crippen MR) is 66.6 cm³/mol. The second-order valence-electron chi connectivity index (χ2n) is 4.61. The van der Waals surface area contributed by atoms with E-state index >= 15 is 0 Å². The second kappa shape index (κ2) is 6.96. The quantitative estimate of drug-likeness (QED) is 0.758. The van der Waals surface area contributed by atoms with Gasteiger partial charge in [-0.2, -0.15) is 0 Å². The Kier molecular flexibility index (Phi) is 5.59. The Hall–Kier alpha value is -1.79. The van der Waals surface area contributed by atoms with E-state index in [4.69, 9.17) is 0 Å². The van der Waals surface area contributed by atoms with Gasteiger partial charge in [0.25, 0.3) is 0 Å². The van der Waals surface area contributed by atoms with E-state index in [2.05, 4.69) is 4.74 Å². The number of methoxy groups -OCH3 is 1. The first-order chi connectivity index (χ1) is 8.97. The lowest BCUT2D eigenvalue weighted by Crippen LogP contribution is -2.50. The first-order valence-corrected chi connectivity index (χ1v) is 6.28. The van der Waals surface area contributed by atoms with Crippen molar-refractivity contribution < 1.29 is 24.2 Å². The van der Waals surface area contributed by atoms with Crippen molar-refractivity contribution in [2.24, 2.45) is 0 Å². The van der Waals surface area contributed by atoms with E-state index in [1.54, 1.807) is 0 Å². The van der Waals surface area contributed by atoms with E-state index < -0.39 is 24.0 Å². The van der Waals surface area contributed by atoms with Crippen LogP contribution in [0.4, 0.5) is 4.79 Å². The van der Waals surface area contributed by atoms with Crippen LogP contribution in [-0.2, 0) is 14.3 Å². The van der Waals surface area contributed by atoms with Crippen LogP contribution in [0.25, 0.3) is 0 Å². The fraction of sp³-hybridized carbons (Fsp3) is 0.750. The average molecular weight is 272 g/mol. The van der Waals surface area contributed by atoms with E-state index in [-0.39, 0.29) is 6.54 Å². The van der Waals surface area contributed by atoms with E-state index in [1.165, 1.54) is 24.0 Å². The molecule has 1 unspecified atom stereocenters. The van der Waals surface area contributed by atoms with Crippen LogP contribution in [-0.4, -0.2) is 66.2 Å². The topological polar surface area (TPSA) is 87.2 Å². The summed E-state index contributed by atoms with van der Waals surface area (Å²) in [5, 5.41) is 9.19.